The van der Waals surface area contributed by atoms with Crippen LogP contribution in [0.4, 0.5) is 0 Å². The van der Waals surface area contributed by atoms with E-state index < -0.39 is 0 Å². The first-order chi connectivity index (χ1) is 11.2. The molecular weight excluding hydrogens is 296 g/mol. The molecule has 4 rings (SSSR count). The van der Waals surface area contributed by atoms with Crippen LogP contribution in [0.1, 0.15) is 11.5 Å². The molecule has 4 aromatic rings. The molecule has 0 unspecified atom stereocenters. The zero-order chi connectivity index (χ0) is 15.8. The number of pyridine rings is 2. The van der Waals surface area contributed by atoms with Crippen molar-refractivity contribution in [3.63, 3.8) is 0 Å². The Labute approximate surface area is 130 Å². The summed E-state index contributed by atoms with van der Waals surface area (Å²) in [5, 5.41) is 8.14. The van der Waals surface area contributed by atoms with Gasteiger partial charge in [-0.15, -0.1) is 5.10 Å². The lowest BCUT2D eigenvalue weighted by Crippen LogP contribution is -2.21. The highest BCUT2D eigenvalue weighted by Gasteiger charge is 2.13. The molecule has 0 aliphatic heterocycles. The molecule has 0 fully saturated rings. The van der Waals surface area contributed by atoms with E-state index in [0.717, 1.165) is 5.56 Å². The van der Waals surface area contributed by atoms with Crippen molar-refractivity contribution < 1.29 is 4.52 Å². The largest absolute Gasteiger partial charge is 0.350 e. The molecule has 4 aromatic heterocycles. The minimum absolute atomic E-state index is 0.110. The summed E-state index contributed by atoms with van der Waals surface area (Å²) < 4.78 is 7.95. The highest BCUT2D eigenvalue weighted by Crippen LogP contribution is 2.14. The highest BCUT2D eigenvalue weighted by molar-refractivity contribution is 5.48. The standard InChI is InChI=1S/C15H12N6O2/c1-10-5-6-16-11(8-10)14-17-13(23-19-14)9-21-15(22)20-7-3-2-4-12(20)18-21/h2-8H,9H2,1H3. The zero-order valence-electron chi connectivity index (χ0n) is 12.2. The predicted octanol–water partition coefficient (Wildman–Crippen LogP) is 1.30. The van der Waals surface area contributed by atoms with Crippen molar-refractivity contribution in [2.24, 2.45) is 0 Å². The van der Waals surface area contributed by atoms with E-state index >= 15 is 0 Å². The van der Waals surface area contributed by atoms with Crippen LogP contribution in [0.3, 0.4) is 0 Å². The maximum Gasteiger partial charge on any atom is 0.350 e. The lowest BCUT2D eigenvalue weighted by atomic mass is 10.2. The number of aryl methyl sites for hydroxylation is 1. The van der Waals surface area contributed by atoms with Crippen LogP contribution in [0, 0.1) is 6.92 Å². The smallest absolute Gasteiger partial charge is 0.337 e. The second-order valence-corrected chi connectivity index (χ2v) is 5.10. The van der Waals surface area contributed by atoms with Crippen molar-refractivity contribution >= 4 is 5.65 Å². The van der Waals surface area contributed by atoms with E-state index in [-0.39, 0.29) is 12.2 Å². The molecule has 0 amide bonds. The lowest BCUT2D eigenvalue weighted by Gasteiger charge is -1.94. The quantitative estimate of drug-likeness (QED) is 0.566. The van der Waals surface area contributed by atoms with Gasteiger partial charge in [0.05, 0.1) is 0 Å². The van der Waals surface area contributed by atoms with Gasteiger partial charge in [0.2, 0.25) is 11.7 Å². The molecule has 0 aliphatic carbocycles. The first-order valence-corrected chi connectivity index (χ1v) is 7.00. The highest BCUT2D eigenvalue weighted by atomic mass is 16.5. The Morgan fingerprint density at radius 2 is 2.17 bits per heavy atom. The minimum Gasteiger partial charge on any atom is -0.337 e. The topological polar surface area (TPSA) is 91.1 Å². The van der Waals surface area contributed by atoms with Crippen molar-refractivity contribution in [3.05, 3.63) is 64.7 Å². The van der Waals surface area contributed by atoms with Gasteiger partial charge in [0, 0.05) is 12.4 Å². The molecule has 0 bridgehead atoms. The fourth-order valence-corrected chi connectivity index (χ4v) is 2.28. The Balaban J connectivity index is 1.67. The average molecular weight is 308 g/mol. The van der Waals surface area contributed by atoms with Crippen molar-refractivity contribution in [1.29, 1.82) is 0 Å². The Hall–Kier alpha value is -3.29. The van der Waals surface area contributed by atoms with E-state index in [4.69, 9.17) is 4.52 Å². The van der Waals surface area contributed by atoms with Gasteiger partial charge in [0.15, 0.2) is 5.65 Å². The Bertz CT molecular complexity index is 1050. The van der Waals surface area contributed by atoms with Gasteiger partial charge in [-0.25, -0.2) is 9.48 Å². The van der Waals surface area contributed by atoms with Crippen LogP contribution in [0.5, 0.6) is 0 Å². The van der Waals surface area contributed by atoms with Crippen molar-refractivity contribution in [3.8, 4) is 11.5 Å². The van der Waals surface area contributed by atoms with Gasteiger partial charge in [-0.2, -0.15) is 4.98 Å². The van der Waals surface area contributed by atoms with Gasteiger partial charge in [-0.05, 0) is 36.8 Å². The lowest BCUT2D eigenvalue weighted by molar-refractivity contribution is 0.364. The summed E-state index contributed by atoms with van der Waals surface area (Å²) in [4.78, 5) is 20.7. The maximum absolute atomic E-state index is 12.2. The SMILES string of the molecule is Cc1ccnc(-c2noc(Cn3nc4ccccn4c3=O)n2)c1. The van der Waals surface area contributed by atoms with Gasteiger partial charge in [0.1, 0.15) is 12.2 Å². The van der Waals surface area contributed by atoms with Gasteiger partial charge < -0.3 is 4.52 Å². The molecule has 23 heavy (non-hydrogen) atoms. The van der Waals surface area contributed by atoms with Crippen LogP contribution in [0.2, 0.25) is 0 Å². The summed E-state index contributed by atoms with van der Waals surface area (Å²) >= 11 is 0. The molecule has 0 aliphatic rings. The summed E-state index contributed by atoms with van der Waals surface area (Å²) in [5.41, 5.74) is 1.99. The van der Waals surface area contributed by atoms with Gasteiger partial charge in [0.25, 0.3) is 0 Å². The fourth-order valence-electron chi connectivity index (χ4n) is 2.28. The molecule has 0 N–H and O–H groups in total. The minimum atomic E-state index is -0.256. The second-order valence-electron chi connectivity index (χ2n) is 5.10. The third-order valence-electron chi connectivity index (χ3n) is 3.39. The average Bonchev–Trinajstić information content (AvgIpc) is 3.14. The van der Waals surface area contributed by atoms with Gasteiger partial charge >= 0.3 is 5.69 Å². The molecule has 8 nitrogen and oxygen atoms in total. The van der Waals surface area contributed by atoms with Crippen LogP contribution >= 0.6 is 0 Å². The first kappa shape index (κ1) is 13.4. The van der Waals surface area contributed by atoms with Crippen LogP contribution < -0.4 is 5.69 Å². The Kier molecular flexibility index (Phi) is 3.00. The van der Waals surface area contributed by atoms with Crippen LogP contribution in [-0.4, -0.2) is 29.3 Å². The van der Waals surface area contributed by atoms with E-state index in [1.165, 1.54) is 9.08 Å². The molecule has 0 saturated carbocycles. The monoisotopic (exact) mass is 308 g/mol. The number of hydrogen-bond donors (Lipinski definition) is 0. The van der Waals surface area contributed by atoms with Crippen LogP contribution in [0.15, 0.2) is 52.0 Å². The third-order valence-corrected chi connectivity index (χ3v) is 3.39. The summed E-state index contributed by atoms with van der Waals surface area (Å²) in [5.74, 6) is 0.689. The molecule has 0 spiro atoms. The van der Waals surface area contributed by atoms with Crippen molar-refractivity contribution in [1.82, 2.24) is 29.3 Å². The summed E-state index contributed by atoms with van der Waals surface area (Å²) in [7, 11) is 0. The maximum atomic E-state index is 12.2. The molecule has 0 radical (unpaired) electrons. The van der Waals surface area contributed by atoms with E-state index in [1.807, 2.05) is 25.1 Å². The summed E-state index contributed by atoms with van der Waals surface area (Å²) in [6.45, 7) is 2.07. The Morgan fingerprint density at radius 1 is 1.26 bits per heavy atom. The van der Waals surface area contributed by atoms with E-state index in [9.17, 15) is 4.79 Å². The second kappa shape index (κ2) is 5.16. The summed E-state index contributed by atoms with van der Waals surface area (Å²) in [6, 6.07) is 9.11. The number of rotatable bonds is 3. The Morgan fingerprint density at radius 3 is 3.00 bits per heavy atom. The third kappa shape index (κ3) is 2.39. The van der Waals surface area contributed by atoms with E-state index in [1.54, 1.807) is 24.5 Å². The molecule has 0 saturated heterocycles. The molecule has 8 heteroatoms. The van der Waals surface area contributed by atoms with Crippen LogP contribution in [-0.2, 0) is 6.54 Å². The van der Waals surface area contributed by atoms with E-state index in [0.29, 0.717) is 23.1 Å². The van der Waals surface area contributed by atoms with Gasteiger partial charge in [-0.1, -0.05) is 11.2 Å². The predicted molar refractivity (Wildman–Crippen MR) is 80.8 cm³/mol. The molecule has 4 heterocycles. The normalized spacial score (nSPS) is 11.2. The number of hydrogen-bond acceptors (Lipinski definition) is 6. The molecular formula is C15H12N6O2. The van der Waals surface area contributed by atoms with Crippen molar-refractivity contribution in [2.45, 2.75) is 13.5 Å². The summed E-state index contributed by atoms with van der Waals surface area (Å²) in [6.07, 6.45) is 3.35. The van der Waals surface area contributed by atoms with Crippen LogP contribution in [0.25, 0.3) is 17.2 Å². The first-order valence-electron chi connectivity index (χ1n) is 7.00. The number of nitrogens with zero attached hydrogens (tertiary/aromatic N) is 6. The molecule has 0 atom stereocenters. The number of fused-ring (bicyclic) bond motifs is 1. The number of aromatic nitrogens is 6. The van der Waals surface area contributed by atoms with Gasteiger partial charge in [-0.3, -0.25) is 9.38 Å². The van der Waals surface area contributed by atoms with E-state index in [2.05, 4.69) is 20.2 Å². The zero-order valence-corrected chi connectivity index (χ0v) is 12.2. The molecule has 114 valence electrons. The molecule has 0 aromatic carbocycles. The fraction of sp³-hybridized carbons (Fsp3) is 0.133. The van der Waals surface area contributed by atoms with Crippen molar-refractivity contribution in [2.75, 3.05) is 0 Å².